The second-order valence-electron chi connectivity index (χ2n) is 11.2. The average molecular weight is 655 g/mol. The maximum atomic E-state index is 13.8. The van der Waals surface area contributed by atoms with Gasteiger partial charge in [-0.2, -0.15) is 0 Å². The molecule has 0 saturated carbocycles. The number of benzene rings is 5. The lowest BCUT2D eigenvalue weighted by atomic mass is 10.1. The highest BCUT2D eigenvalue weighted by molar-refractivity contribution is 8.04. The molecule has 2 amide bonds. The predicted molar refractivity (Wildman–Crippen MR) is 185 cm³/mol. The van der Waals surface area contributed by atoms with Crippen LogP contribution in [0, 0.1) is 12.7 Å². The van der Waals surface area contributed by atoms with Crippen LogP contribution in [0.5, 0.6) is 5.75 Å². The van der Waals surface area contributed by atoms with Gasteiger partial charge in [0.15, 0.2) is 0 Å². The number of thioether (sulfide) groups is 1. The lowest BCUT2D eigenvalue weighted by Gasteiger charge is -2.24. The van der Waals surface area contributed by atoms with Crippen LogP contribution in [-0.4, -0.2) is 31.5 Å². The predicted octanol–water partition coefficient (Wildman–Crippen LogP) is 7.17. The first-order valence-electron chi connectivity index (χ1n) is 15.0. The van der Waals surface area contributed by atoms with Crippen LogP contribution in [0.25, 0.3) is 34.1 Å². The van der Waals surface area contributed by atoms with Crippen molar-refractivity contribution in [2.24, 2.45) is 0 Å². The Morgan fingerprint density at radius 2 is 1.56 bits per heavy atom. The Morgan fingerprint density at radius 3 is 2.29 bits per heavy atom. The van der Waals surface area contributed by atoms with Crippen LogP contribution in [-0.2, 0) is 4.79 Å². The highest BCUT2D eigenvalue weighted by atomic mass is 32.2. The Hall–Kier alpha value is -6.00. The number of nitrogens with zero attached hydrogens (tertiary/aromatic N) is 3. The number of aromatic nitrogens is 2. The Morgan fingerprint density at radius 1 is 0.875 bits per heavy atom. The molecule has 6 aromatic rings. The molecule has 0 aliphatic carbocycles. The molecule has 48 heavy (non-hydrogen) atoms. The molecular formula is C38H27FN4O4S. The minimum atomic E-state index is -0.697. The first-order chi connectivity index (χ1) is 23.3. The van der Waals surface area contributed by atoms with Crippen LogP contribution in [0.3, 0.4) is 0 Å². The number of phenols is 1. The molecule has 5 aromatic carbocycles. The maximum Gasteiger partial charge on any atom is 0.280 e. The van der Waals surface area contributed by atoms with Crippen LogP contribution < -0.4 is 11.0 Å². The second kappa shape index (κ2) is 12.7. The summed E-state index contributed by atoms with van der Waals surface area (Å²) in [5, 5.41) is 11.2. The summed E-state index contributed by atoms with van der Waals surface area (Å²) in [7, 11) is 0. The van der Waals surface area contributed by atoms with Crippen LogP contribution in [0.15, 0.2) is 131 Å². The third kappa shape index (κ3) is 5.85. The zero-order valence-electron chi connectivity index (χ0n) is 25.5. The molecule has 2 N–H and O–H groups in total. The Labute approximate surface area is 278 Å². The SMILES string of the molecule is Cc1ccc(-c2nc3ccccc3c(=O)n2-c2ccc(C(=O)NN3C(=O)/C(=C/c4ccccc4O)SC3c3ccc(F)cc3)cc2)cc1. The lowest BCUT2D eigenvalue weighted by molar-refractivity contribution is -0.128. The number of aryl methyl sites for hydroxylation is 1. The number of rotatable bonds is 6. The number of halogens is 1. The van der Waals surface area contributed by atoms with Crippen molar-refractivity contribution in [1.29, 1.82) is 0 Å². The standard InChI is InChI=1S/C38H27FN4O4S/c1-23-10-12-24(13-11-23)34-40-31-8-4-3-7-30(31)36(46)42(34)29-20-16-25(17-21-29)35(45)41-43-37(47)33(22-27-6-2-5-9-32(27)44)48-38(43)26-14-18-28(39)19-15-26/h2-22,38,44H,1H3,(H,41,45)/b33-22-. The lowest BCUT2D eigenvalue weighted by Crippen LogP contribution is -2.44. The summed E-state index contributed by atoms with van der Waals surface area (Å²) >= 11 is 1.17. The van der Waals surface area contributed by atoms with Gasteiger partial charge in [-0.15, -0.1) is 0 Å². The number of carbonyl (C=O) groups is 2. The zero-order valence-corrected chi connectivity index (χ0v) is 26.3. The molecule has 2 heterocycles. The van der Waals surface area contributed by atoms with Gasteiger partial charge in [-0.3, -0.25) is 24.4 Å². The van der Waals surface area contributed by atoms with E-state index >= 15 is 0 Å². The summed E-state index contributed by atoms with van der Waals surface area (Å²) in [6.45, 7) is 1.98. The fourth-order valence-corrected chi connectivity index (χ4v) is 6.64. The average Bonchev–Trinajstić information content (AvgIpc) is 3.40. The van der Waals surface area contributed by atoms with Gasteiger partial charge in [0.1, 0.15) is 22.8 Å². The fraction of sp³-hybridized carbons (Fsp3) is 0.0526. The first kappa shape index (κ1) is 30.6. The van der Waals surface area contributed by atoms with Gasteiger partial charge >= 0.3 is 0 Å². The number of hydrazine groups is 1. The Balaban J connectivity index is 1.22. The van der Waals surface area contributed by atoms with Crippen molar-refractivity contribution in [3.8, 4) is 22.8 Å². The van der Waals surface area contributed by atoms with Crippen LogP contribution in [0.1, 0.15) is 32.4 Å². The zero-order chi connectivity index (χ0) is 33.4. The van der Waals surface area contributed by atoms with E-state index in [2.05, 4.69) is 5.43 Å². The third-order valence-electron chi connectivity index (χ3n) is 7.98. The molecule has 1 fully saturated rings. The normalized spacial score (nSPS) is 15.3. The molecule has 1 aromatic heterocycles. The van der Waals surface area contributed by atoms with E-state index in [-0.39, 0.29) is 21.8 Å². The number of nitrogens with one attached hydrogen (secondary N) is 1. The van der Waals surface area contributed by atoms with E-state index in [4.69, 9.17) is 4.98 Å². The third-order valence-corrected chi connectivity index (χ3v) is 9.23. The van der Waals surface area contributed by atoms with E-state index < -0.39 is 23.0 Å². The summed E-state index contributed by atoms with van der Waals surface area (Å²) in [6.07, 6.45) is 1.56. The Kier molecular flexibility index (Phi) is 8.08. The molecule has 0 radical (unpaired) electrons. The van der Waals surface area contributed by atoms with Crippen LogP contribution in [0.2, 0.25) is 0 Å². The maximum absolute atomic E-state index is 13.8. The van der Waals surface area contributed by atoms with Crippen molar-refractivity contribution in [2.75, 3.05) is 0 Å². The number of fused-ring (bicyclic) bond motifs is 1. The number of aromatic hydroxyl groups is 1. The molecule has 1 atom stereocenters. The summed E-state index contributed by atoms with van der Waals surface area (Å²) < 4.78 is 15.3. The number of amides is 2. The topological polar surface area (TPSA) is 105 Å². The van der Waals surface area contributed by atoms with Gasteiger partial charge in [-0.25, -0.2) is 14.4 Å². The van der Waals surface area contributed by atoms with E-state index in [0.717, 1.165) is 11.1 Å². The summed E-state index contributed by atoms with van der Waals surface area (Å²) in [6, 6.07) is 33.6. The van der Waals surface area contributed by atoms with Crippen molar-refractivity contribution in [1.82, 2.24) is 20.0 Å². The molecule has 236 valence electrons. The van der Waals surface area contributed by atoms with E-state index in [1.807, 2.05) is 37.3 Å². The molecule has 1 saturated heterocycles. The monoisotopic (exact) mass is 654 g/mol. The molecule has 1 aliphatic heterocycles. The molecule has 0 bridgehead atoms. The molecule has 8 nitrogen and oxygen atoms in total. The van der Waals surface area contributed by atoms with Crippen molar-refractivity contribution in [3.63, 3.8) is 0 Å². The quantitative estimate of drug-likeness (QED) is 0.185. The summed E-state index contributed by atoms with van der Waals surface area (Å²) in [5.41, 5.74) is 6.66. The molecule has 7 rings (SSSR count). The molecule has 1 unspecified atom stereocenters. The fourth-order valence-electron chi connectivity index (χ4n) is 5.45. The molecule has 1 aliphatic rings. The van der Waals surface area contributed by atoms with Gasteiger partial charge < -0.3 is 5.11 Å². The van der Waals surface area contributed by atoms with Crippen LogP contribution >= 0.6 is 11.8 Å². The number of hydrogen-bond acceptors (Lipinski definition) is 6. The van der Waals surface area contributed by atoms with Gasteiger partial charge in [0, 0.05) is 16.7 Å². The highest BCUT2D eigenvalue weighted by Crippen LogP contribution is 2.45. The minimum absolute atomic E-state index is 0.00515. The van der Waals surface area contributed by atoms with Crippen molar-refractivity contribution in [2.45, 2.75) is 12.3 Å². The second-order valence-corrected chi connectivity index (χ2v) is 12.3. The number of carbonyl (C=O) groups excluding carboxylic acids is 2. The van der Waals surface area contributed by atoms with Gasteiger partial charge in [-0.1, -0.05) is 84.1 Å². The summed E-state index contributed by atoms with van der Waals surface area (Å²) in [5.74, 6) is -1.01. The number of phenolic OH excluding ortho intramolecular Hbond substituents is 1. The van der Waals surface area contributed by atoms with E-state index in [1.54, 1.807) is 78.9 Å². The first-order valence-corrected chi connectivity index (χ1v) is 15.9. The molecule has 0 spiro atoms. The number of hydrogen-bond donors (Lipinski definition) is 2. The van der Waals surface area contributed by atoms with Gasteiger partial charge in [0.2, 0.25) is 0 Å². The molecular weight excluding hydrogens is 628 g/mol. The van der Waals surface area contributed by atoms with Crippen molar-refractivity contribution < 1.29 is 19.1 Å². The largest absolute Gasteiger partial charge is 0.507 e. The van der Waals surface area contributed by atoms with Gasteiger partial charge in [0.05, 0.1) is 21.5 Å². The van der Waals surface area contributed by atoms with E-state index in [9.17, 15) is 23.9 Å². The van der Waals surface area contributed by atoms with Crippen molar-refractivity contribution in [3.05, 3.63) is 165 Å². The number of para-hydroxylation sites is 2. The van der Waals surface area contributed by atoms with E-state index in [0.29, 0.717) is 33.5 Å². The summed E-state index contributed by atoms with van der Waals surface area (Å²) in [4.78, 5) is 46.1. The minimum Gasteiger partial charge on any atom is -0.507 e. The van der Waals surface area contributed by atoms with Gasteiger partial charge in [-0.05, 0) is 73.2 Å². The van der Waals surface area contributed by atoms with Crippen LogP contribution in [0.4, 0.5) is 4.39 Å². The van der Waals surface area contributed by atoms with E-state index in [1.165, 1.54) is 39.5 Å². The molecule has 10 heteroatoms. The smallest absolute Gasteiger partial charge is 0.280 e. The van der Waals surface area contributed by atoms with Gasteiger partial charge in [0.25, 0.3) is 17.4 Å². The van der Waals surface area contributed by atoms with Crippen molar-refractivity contribution >= 4 is 40.6 Å². The Bertz CT molecular complexity index is 2290. The highest BCUT2D eigenvalue weighted by Gasteiger charge is 2.39.